The van der Waals surface area contributed by atoms with Crippen molar-refractivity contribution in [3.05, 3.63) is 65.9 Å². The molecule has 0 aliphatic rings. The maximum Gasteiger partial charge on any atom is 0.328 e. The van der Waals surface area contributed by atoms with Crippen molar-refractivity contribution in [1.29, 1.82) is 0 Å². The van der Waals surface area contributed by atoms with E-state index >= 15 is 0 Å². The molecular weight excluding hydrogens is 372 g/mol. The molecule has 3 rings (SSSR count). The smallest absolute Gasteiger partial charge is 0.328 e. The molecular formula is C22H24N2O3S. The van der Waals surface area contributed by atoms with Gasteiger partial charge in [0.1, 0.15) is 6.04 Å². The van der Waals surface area contributed by atoms with Crippen LogP contribution in [0.25, 0.3) is 10.9 Å². The van der Waals surface area contributed by atoms with E-state index in [1.54, 1.807) is 0 Å². The number of aromatic nitrogens is 1. The average molecular weight is 397 g/mol. The fraction of sp³-hybridized carbons (Fsp3) is 0.273. The number of hydrogen-bond acceptors (Lipinski definition) is 4. The Kier molecular flexibility index (Phi) is 6.41. The molecule has 1 heterocycles. The normalized spacial score (nSPS) is 13.1. The molecule has 1 amide bonds. The van der Waals surface area contributed by atoms with Crippen LogP contribution in [0.2, 0.25) is 0 Å². The highest BCUT2D eigenvalue weighted by Gasteiger charge is 2.26. The van der Waals surface area contributed by atoms with Crippen molar-refractivity contribution in [2.24, 2.45) is 0 Å². The fourth-order valence-corrected chi connectivity index (χ4v) is 3.90. The minimum absolute atomic E-state index is 0.194. The van der Waals surface area contributed by atoms with E-state index in [-0.39, 0.29) is 11.2 Å². The van der Waals surface area contributed by atoms with Crippen molar-refractivity contribution < 1.29 is 14.3 Å². The number of aromatic amines is 1. The van der Waals surface area contributed by atoms with E-state index in [1.807, 2.05) is 68.6 Å². The predicted octanol–water partition coefficient (Wildman–Crippen LogP) is 3.86. The number of ether oxygens (including phenoxy) is 1. The van der Waals surface area contributed by atoms with E-state index in [9.17, 15) is 9.59 Å². The molecule has 1 aromatic heterocycles. The summed E-state index contributed by atoms with van der Waals surface area (Å²) in [4.78, 5) is 29.2. The zero-order chi connectivity index (χ0) is 20.1. The third-order valence-electron chi connectivity index (χ3n) is 4.60. The number of carbonyl (C=O) groups excluding carboxylic acids is 2. The Morgan fingerprint density at radius 2 is 1.86 bits per heavy atom. The Labute approximate surface area is 168 Å². The van der Waals surface area contributed by atoms with Gasteiger partial charge < -0.3 is 15.0 Å². The van der Waals surface area contributed by atoms with Crippen LogP contribution in [-0.4, -0.2) is 35.3 Å². The highest BCUT2D eigenvalue weighted by atomic mass is 32.2. The summed E-state index contributed by atoms with van der Waals surface area (Å²) in [7, 11) is 1.33. The van der Waals surface area contributed by atoms with Crippen LogP contribution in [0.4, 0.5) is 0 Å². The lowest BCUT2D eigenvalue weighted by Gasteiger charge is -2.19. The number of para-hydroxylation sites is 1. The summed E-state index contributed by atoms with van der Waals surface area (Å²) in [6.45, 7) is 3.86. The van der Waals surface area contributed by atoms with Crippen LogP contribution in [-0.2, 0) is 20.7 Å². The first-order chi connectivity index (χ1) is 13.5. The monoisotopic (exact) mass is 396 g/mol. The van der Waals surface area contributed by atoms with E-state index in [2.05, 4.69) is 10.3 Å². The van der Waals surface area contributed by atoms with E-state index in [1.165, 1.54) is 24.4 Å². The van der Waals surface area contributed by atoms with Crippen molar-refractivity contribution in [1.82, 2.24) is 10.3 Å². The summed E-state index contributed by atoms with van der Waals surface area (Å²) in [6.07, 6.45) is 2.24. The van der Waals surface area contributed by atoms with Crippen molar-refractivity contribution in [2.75, 3.05) is 7.11 Å². The molecule has 28 heavy (non-hydrogen) atoms. The van der Waals surface area contributed by atoms with Gasteiger partial charge in [-0.3, -0.25) is 4.79 Å². The van der Waals surface area contributed by atoms with Crippen LogP contribution in [0.5, 0.6) is 0 Å². The average Bonchev–Trinajstić information content (AvgIpc) is 3.11. The van der Waals surface area contributed by atoms with Crippen molar-refractivity contribution >= 4 is 34.5 Å². The van der Waals surface area contributed by atoms with E-state index in [0.29, 0.717) is 6.42 Å². The highest BCUT2D eigenvalue weighted by molar-refractivity contribution is 8.00. The largest absolute Gasteiger partial charge is 0.467 e. The van der Waals surface area contributed by atoms with E-state index in [4.69, 9.17) is 4.74 Å². The lowest BCUT2D eigenvalue weighted by Crippen LogP contribution is -2.45. The standard InChI is InChI=1S/C22H24N2O3S/c1-14-8-10-17(11-9-14)28-15(2)21(25)24-20(22(26)27-3)12-16-13-23-19-7-5-4-6-18(16)19/h4-11,13,15,20,23H,12H2,1-3H3,(H,24,25)/t15-,20+/m0/s1. The highest BCUT2D eigenvalue weighted by Crippen LogP contribution is 2.24. The van der Waals surface area contributed by atoms with Gasteiger partial charge >= 0.3 is 5.97 Å². The summed E-state index contributed by atoms with van der Waals surface area (Å²) in [5.74, 6) is -0.646. The SMILES string of the molecule is COC(=O)[C@@H](Cc1c[nH]c2ccccc12)NC(=O)[C@H](C)Sc1ccc(C)cc1. The number of amides is 1. The first-order valence-corrected chi connectivity index (χ1v) is 10.0. The number of methoxy groups -OCH3 is 1. The van der Waals surface area contributed by atoms with Crippen molar-refractivity contribution in [3.63, 3.8) is 0 Å². The van der Waals surface area contributed by atoms with Gasteiger partial charge in [-0.1, -0.05) is 35.9 Å². The quantitative estimate of drug-likeness (QED) is 0.470. The molecule has 0 aliphatic heterocycles. The predicted molar refractivity (Wildman–Crippen MR) is 112 cm³/mol. The Hall–Kier alpha value is -2.73. The molecule has 0 unspecified atom stereocenters. The molecule has 146 valence electrons. The number of esters is 1. The molecule has 0 fully saturated rings. The zero-order valence-corrected chi connectivity index (χ0v) is 17.0. The summed E-state index contributed by atoms with van der Waals surface area (Å²) in [6, 6.07) is 15.2. The minimum atomic E-state index is -0.738. The van der Waals surface area contributed by atoms with Gasteiger partial charge in [0.25, 0.3) is 0 Å². The minimum Gasteiger partial charge on any atom is -0.467 e. The molecule has 0 aliphatic carbocycles. The number of thioether (sulfide) groups is 1. The second-order valence-corrected chi connectivity index (χ2v) is 8.14. The first-order valence-electron chi connectivity index (χ1n) is 9.14. The van der Waals surface area contributed by atoms with Crippen LogP contribution in [0.1, 0.15) is 18.1 Å². The number of hydrogen-bond donors (Lipinski definition) is 2. The number of carbonyl (C=O) groups is 2. The van der Waals surface area contributed by atoms with Gasteiger partial charge in [0, 0.05) is 28.4 Å². The summed E-state index contributed by atoms with van der Waals surface area (Å²) < 4.78 is 4.91. The zero-order valence-electron chi connectivity index (χ0n) is 16.2. The number of fused-ring (bicyclic) bond motifs is 1. The molecule has 2 aromatic carbocycles. The second-order valence-electron chi connectivity index (χ2n) is 6.72. The first kappa shape index (κ1) is 20.0. The van der Waals surface area contributed by atoms with Gasteiger partial charge in [0.2, 0.25) is 5.91 Å². The second kappa shape index (κ2) is 8.97. The van der Waals surface area contributed by atoms with Crippen molar-refractivity contribution in [2.45, 2.75) is 36.5 Å². The summed E-state index contributed by atoms with van der Waals surface area (Å²) in [5, 5.41) is 3.55. The molecule has 3 aromatic rings. The molecule has 2 N–H and O–H groups in total. The van der Waals surface area contributed by atoms with Crippen LogP contribution in [0.3, 0.4) is 0 Å². The third kappa shape index (κ3) is 4.75. The lowest BCUT2D eigenvalue weighted by molar-refractivity contribution is -0.144. The number of aryl methyl sites for hydroxylation is 1. The Morgan fingerprint density at radius 1 is 1.14 bits per heavy atom. The van der Waals surface area contributed by atoms with Gasteiger partial charge in [-0.2, -0.15) is 0 Å². The van der Waals surface area contributed by atoms with E-state index in [0.717, 1.165) is 21.4 Å². The van der Waals surface area contributed by atoms with Crippen molar-refractivity contribution in [3.8, 4) is 0 Å². The number of benzene rings is 2. The molecule has 0 saturated heterocycles. The van der Waals surface area contributed by atoms with Crippen LogP contribution in [0.15, 0.2) is 59.6 Å². The number of H-pyrrole nitrogens is 1. The van der Waals surface area contributed by atoms with Gasteiger partial charge in [0.05, 0.1) is 12.4 Å². The molecule has 0 saturated carbocycles. The summed E-state index contributed by atoms with van der Waals surface area (Å²) >= 11 is 1.46. The molecule has 5 nitrogen and oxygen atoms in total. The maximum absolute atomic E-state index is 12.7. The third-order valence-corrected chi connectivity index (χ3v) is 5.72. The topological polar surface area (TPSA) is 71.2 Å². The summed E-state index contributed by atoms with van der Waals surface area (Å²) in [5.41, 5.74) is 3.13. The van der Waals surface area contributed by atoms with Crippen LogP contribution >= 0.6 is 11.8 Å². The Bertz CT molecular complexity index is 965. The Morgan fingerprint density at radius 3 is 2.57 bits per heavy atom. The van der Waals surface area contributed by atoms with Gasteiger partial charge in [0.15, 0.2) is 0 Å². The molecule has 6 heteroatoms. The Balaban J connectivity index is 1.70. The molecule has 0 bridgehead atoms. The number of rotatable bonds is 7. The fourth-order valence-electron chi connectivity index (χ4n) is 3.02. The van der Waals surface area contributed by atoms with Crippen LogP contribution in [0, 0.1) is 6.92 Å². The number of nitrogens with one attached hydrogen (secondary N) is 2. The van der Waals surface area contributed by atoms with Gasteiger partial charge in [-0.05, 0) is 37.6 Å². The van der Waals surface area contributed by atoms with E-state index < -0.39 is 12.0 Å². The lowest BCUT2D eigenvalue weighted by atomic mass is 10.0. The van der Waals surface area contributed by atoms with Gasteiger partial charge in [-0.25, -0.2) is 4.79 Å². The van der Waals surface area contributed by atoms with Gasteiger partial charge in [-0.15, -0.1) is 11.8 Å². The molecule has 0 radical (unpaired) electrons. The van der Waals surface area contributed by atoms with Crippen LogP contribution < -0.4 is 5.32 Å². The molecule has 2 atom stereocenters. The maximum atomic E-state index is 12.7. The molecule has 0 spiro atoms.